The molecule has 2 aromatic rings. The van der Waals surface area contributed by atoms with E-state index < -0.39 is 18.9 Å². The van der Waals surface area contributed by atoms with Crippen molar-refractivity contribution in [3.63, 3.8) is 0 Å². The topological polar surface area (TPSA) is 69.7 Å². The second-order valence-corrected chi connectivity index (χ2v) is 9.12. The van der Waals surface area contributed by atoms with E-state index in [0.29, 0.717) is 10.9 Å². The molecular weight excluding hydrogens is 399 g/mol. The van der Waals surface area contributed by atoms with Gasteiger partial charge in [-0.05, 0) is 44.0 Å². The minimum Gasteiger partial charge on any atom is -0.463 e. The molecule has 0 saturated carbocycles. The van der Waals surface area contributed by atoms with Crippen molar-refractivity contribution in [2.24, 2.45) is 0 Å². The van der Waals surface area contributed by atoms with E-state index in [1.165, 1.54) is 0 Å². The molecule has 0 spiro atoms. The van der Waals surface area contributed by atoms with Crippen LogP contribution in [0.15, 0.2) is 42.5 Å². The summed E-state index contributed by atoms with van der Waals surface area (Å²) in [6, 6.07) is 12.2. The van der Waals surface area contributed by atoms with Crippen LogP contribution in [0.1, 0.15) is 33.5 Å². The third-order valence-electron chi connectivity index (χ3n) is 4.17. The van der Waals surface area contributed by atoms with Gasteiger partial charge in [0.2, 0.25) is 0 Å². The fourth-order valence-electron chi connectivity index (χ4n) is 3.01. The van der Waals surface area contributed by atoms with Gasteiger partial charge in [-0.15, -0.1) is 11.6 Å². The normalized spacial score (nSPS) is 13.0. The van der Waals surface area contributed by atoms with Crippen LogP contribution < -0.4 is 5.30 Å². The van der Waals surface area contributed by atoms with Crippen LogP contribution in [0.5, 0.6) is 0 Å². The third-order valence-corrected chi connectivity index (χ3v) is 6.64. The van der Waals surface area contributed by atoms with E-state index in [1.54, 1.807) is 30.3 Å². The van der Waals surface area contributed by atoms with Gasteiger partial charge in [0.1, 0.15) is 6.61 Å². The van der Waals surface area contributed by atoms with Crippen LogP contribution in [0.2, 0.25) is 0 Å². The number of carbonyl (C=O) groups excluding carboxylic acids is 2. The van der Waals surface area contributed by atoms with E-state index in [-0.39, 0.29) is 25.5 Å². The lowest BCUT2D eigenvalue weighted by Crippen LogP contribution is -2.19. The van der Waals surface area contributed by atoms with Crippen LogP contribution in [0, 0.1) is 20.8 Å². The van der Waals surface area contributed by atoms with Crippen molar-refractivity contribution in [2.75, 3.05) is 19.1 Å². The molecule has 28 heavy (non-hydrogen) atoms. The Hall–Kier alpha value is -1.94. The highest BCUT2D eigenvalue weighted by Crippen LogP contribution is 2.50. The highest BCUT2D eigenvalue weighted by molar-refractivity contribution is 7.83. The van der Waals surface area contributed by atoms with Crippen LogP contribution in [0.25, 0.3) is 0 Å². The Kier molecular flexibility index (Phi) is 7.99. The van der Waals surface area contributed by atoms with E-state index >= 15 is 0 Å². The van der Waals surface area contributed by atoms with Crippen LogP contribution in [-0.4, -0.2) is 30.6 Å². The smallest absolute Gasteiger partial charge is 0.307 e. The Morgan fingerprint density at radius 3 is 2.18 bits per heavy atom. The maximum absolute atomic E-state index is 13.7. The average Bonchev–Trinajstić information content (AvgIpc) is 2.65. The van der Waals surface area contributed by atoms with Crippen LogP contribution in [0.4, 0.5) is 0 Å². The zero-order valence-electron chi connectivity index (χ0n) is 16.2. The summed E-state index contributed by atoms with van der Waals surface area (Å²) >= 11 is 5.49. The van der Waals surface area contributed by atoms with Crippen LogP contribution in [-0.2, 0) is 18.6 Å². The van der Waals surface area contributed by atoms with Crippen molar-refractivity contribution in [1.82, 2.24) is 0 Å². The summed E-state index contributed by atoms with van der Waals surface area (Å²) in [4.78, 5) is 24.8. The molecule has 0 bridgehead atoms. The van der Waals surface area contributed by atoms with Crippen LogP contribution >= 0.6 is 19.0 Å². The van der Waals surface area contributed by atoms with Crippen molar-refractivity contribution in [2.45, 2.75) is 27.2 Å². The van der Waals surface area contributed by atoms with Gasteiger partial charge >= 0.3 is 13.3 Å². The van der Waals surface area contributed by atoms with Crippen molar-refractivity contribution in [3.8, 4) is 0 Å². The molecule has 0 aliphatic heterocycles. The first-order valence-electron chi connectivity index (χ1n) is 8.94. The van der Waals surface area contributed by atoms with Gasteiger partial charge in [0.05, 0.1) is 13.0 Å². The van der Waals surface area contributed by atoms with Crippen molar-refractivity contribution in [1.29, 1.82) is 0 Å². The highest BCUT2D eigenvalue weighted by Gasteiger charge is 2.37. The first-order valence-corrected chi connectivity index (χ1v) is 11.1. The summed E-state index contributed by atoms with van der Waals surface area (Å²) in [5.74, 6) is -0.308. The fraction of sp³-hybridized carbons (Fsp3) is 0.333. The van der Waals surface area contributed by atoms with Gasteiger partial charge in [-0.2, -0.15) is 0 Å². The molecule has 2 rings (SSSR count). The Labute approximate surface area is 170 Å². The molecule has 0 fully saturated rings. The fourth-order valence-corrected chi connectivity index (χ4v) is 5.21. The standard InChI is InChI=1S/C21H24ClO5P/c1-15-13-16(2)20(17(3)14-15)21(24)28(25,18-7-5-4-6-8-18)27-12-11-26-19(23)9-10-22/h4-8,13-14H,9-12H2,1-3H3. The lowest BCUT2D eigenvalue weighted by molar-refractivity contribution is -0.143. The lowest BCUT2D eigenvalue weighted by Gasteiger charge is -2.20. The van der Waals surface area contributed by atoms with Crippen molar-refractivity contribution >= 4 is 35.8 Å². The summed E-state index contributed by atoms with van der Waals surface area (Å²) in [6.07, 6.45) is 0.0819. The Morgan fingerprint density at radius 2 is 1.61 bits per heavy atom. The number of benzene rings is 2. The number of hydrogen-bond donors (Lipinski definition) is 0. The monoisotopic (exact) mass is 422 g/mol. The summed E-state index contributed by atoms with van der Waals surface area (Å²) in [7, 11) is -3.89. The molecule has 0 N–H and O–H groups in total. The lowest BCUT2D eigenvalue weighted by atomic mass is 10.0. The number of aryl methyl sites for hydroxylation is 3. The number of halogens is 1. The number of ether oxygens (including phenoxy) is 1. The zero-order valence-corrected chi connectivity index (χ0v) is 17.9. The van der Waals surface area contributed by atoms with Gasteiger partial charge in [-0.1, -0.05) is 35.9 Å². The minimum absolute atomic E-state index is 0.0819. The van der Waals surface area contributed by atoms with Gasteiger partial charge in [0, 0.05) is 16.7 Å². The molecule has 0 amide bonds. The number of alkyl halides is 1. The Balaban J connectivity index is 2.31. The number of carbonyl (C=O) groups is 2. The molecule has 1 unspecified atom stereocenters. The predicted octanol–water partition coefficient (Wildman–Crippen LogP) is 4.54. The van der Waals surface area contributed by atoms with Gasteiger partial charge in [-0.3, -0.25) is 14.2 Å². The molecule has 2 aromatic carbocycles. The molecule has 150 valence electrons. The predicted molar refractivity (Wildman–Crippen MR) is 111 cm³/mol. The zero-order chi connectivity index (χ0) is 20.7. The SMILES string of the molecule is Cc1cc(C)c(C(=O)P(=O)(OCCOC(=O)CCCl)c2ccccc2)c(C)c1. The second-order valence-electron chi connectivity index (χ2n) is 6.46. The molecule has 0 saturated heterocycles. The van der Waals surface area contributed by atoms with E-state index in [2.05, 4.69) is 0 Å². The number of hydrogen-bond acceptors (Lipinski definition) is 5. The summed E-state index contributed by atoms with van der Waals surface area (Å²) in [5.41, 5.74) is 2.36. The average molecular weight is 423 g/mol. The van der Waals surface area contributed by atoms with Crippen LogP contribution in [0.3, 0.4) is 0 Å². The molecule has 7 heteroatoms. The molecule has 0 heterocycles. The quantitative estimate of drug-likeness (QED) is 0.257. The summed E-state index contributed by atoms with van der Waals surface area (Å²) < 4.78 is 24.3. The summed E-state index contributed by atoms with van der Waals surface area (Å²) in [6.45, 7) is 5.31. The Morgan fingerprint density at radius 1 is 1.00 bits per heavy atom. The molecule has 1 atom stereocenters. The molecule has 0 aromatic heterocycles. The minimum atomic E-state index is -3.89. The molecule has 0 radical (unpaired) electrons. The second kappa shape index (κ2) is 10.0. The van der Waals surface area contributed by atoms with Crippen molar-refractivity contribution in [3.05, 3.63) is 64.7 Å². The first-order chi connectivity index (χ1) is 13.3. The molecule has 5 nitrogen and oxygen atoms in total. The van der Waals surface area contributed by atoms with E-state index in [1.807, 2.05) is 32.9 Å². The van der Waals surface area contributed by atoms with E-state index in [9.17, 15) is 14.2 Å². The highest BCUT2D eigenvalue weighted by atomic mass is 35.5. The van der Waals surface area contributed by atoms with Gasteiger partial charge in [0.25, 0.3) is 5.52 Å². The Bertz CT molecular complexity index is 872. The maximum Gasteiger partial charge on any atom is 0.307 e. The van der Waals surface area contributed by atoms with Gasteiger partial charge in [0.15, 0.2) is 0 Å². The first kappa shape index (κ1) is 22.4. The molecule has 0 aliphatic carbocycles. The van der Waals surface area contributed by atoms with Crippen molar-refractivity contribution < 1.29 is 23.4 Å². The summed E-state index contributed by atoms with van der Waals surface area (Å²) in [5, 5.41) is 0.312. The number of rotatable bonds is 9. The number of esters is 1. The van der Waals surface area contributed by atoms with Gasteiger partial charge in [-0.25, -0.2) is 0 Å². The van der Waals surface area contributed by atoms with Gasteiger partial charge < -0.3 is 9.26 Å². The molecule has 0 aliphatic rings. The third kappa shape index (κ3) is 5.32. The maximum atomic E-state index is 13.7. The van der Waals surface area contributed by atoms with E-state index in [4.69, 9.17) is 20.9 Å². The molecular formula is C21H24ClO5P. The largest absolute Gasteiger partial charge is 0.463 e. The van der Waals surface area contributed by atoms with E-state index in [0.717, 1.165) is 16.7 Å².